The maximum absolute atomic E-state index is 12.7. The third kappa shape index (κ3) is 6.11. The average Bonchev–Trinajstić information content (AvgIpc) is 2.72. The van der Waals surface area contributed by atoms with Crippen molar-refractivity contribution in [2.24, 2.45) is 0 Å². The summed E-state index contributed by atoms with van der Waals surface area (Å²) in [7, 11) is -2.36. The van der Waals surface area contributed by atoms with Crippen molar-refractivity contribution in [1.82, 2.24) is 4.31 Å². The highest BCUT2D eigenvalue weighted by atomic mass is 32.2. The van der Waals surface area contributed by atoms with E-state index in [0.29, 0.717) is 18.8 Å². The van der Waals surface area contributed by atoms with Gasteiger partial charge in [0.2, 0.25) is 15.9 Å². The molecule has 0 aliphatic heterocycles. The van der Waals surface area contributed by atoms with E-state index in [1.807, 2.05) is 0 Å². The van der Waals surface area contributed by atoms with Crippen molar-refractivity contribution < 1.29 is 31.1 Å². The molecule has 2 N–H and O–H groups in total. The minimum absolute atomic E-state index is 0.00278. The Kier molecular flexibility index (Phi) is 7.91. The second-order valence-corrected chi connectivity index (χ2v) is 8.37. The number of carbonyl (C=O) groups excluding carboxylic acids is 1. The predicted octanol–water partition coefficient (Wildman–Crippen LogP) is 3.80. The van der Waals surface area contributed by atoms with Gasteiger partial charge >= 0.3 is 6.18 Å². The van der Waals surface area contributed by atoms with Gasteiger partial charge in [-0.2, -0.15) is 17.5 Å². The number of nitrogens with zero attached hydrogens (tertiary/aromatic N) is 1. The zero-order chi connectivity index (χ0) is 23.2. The van der Waals surface area contributed by atoms with Crippen LogP contribution in [0.25, 0.3) is 0 Å². The Bertz CT molecular complexity index is 1010. The highest BCUT2D eigenvalue weighted by Gasteiger charge is 2.30. The summed E-state index contributed by atoms with van der Waals surface area (Å²) in [6.07, 6.45) is -4.44. The SMILES string of the molecule is CCN(CC)S(=O)(=O)c1ccc(OC)c(NC(=O)CNc2ccc(C(F)(F)F)cc2)c1. The molecule has 0 aliphatic carbocycles. The lowest BCUT2D eigenvalue weighted by Crippen LogP contribution is -2.30. The first kappa shape index (κ1) is 24.5. The van der Waals surface area contributed by atoms with Gasteiger partial charge < -0.3 is 15.4 Å². The van der Waals surface area contributed by atoms with E-state index in [1.54, 1.807) is 13.8 Å². The van der Waals surface area contributed by atoms with Crippen LogP contribution in [0, 0.1) is 0 Å². The normalized spacial score (nSPS) is 12.0. The number of nitrogens with one attached hydrogen (secondary N) is 2. The highest BCUT2D eigenvalue weighted by Crippen LogP contribution is 2.30. The number of halogens is 3. The molecular weight excluding hydrogens is 435 g/mol. The zero-order valence-corrected chi connectivity index (χ0v) is 18.1. The molecule has 2 aromatic carbocycles. The van der Waals surface area contributed by atoms with Gasteiger partial charge in [-0.3, -0.25) is 4.79 Å². The molecule has 0 heterocycles. The molecule has 0 saturated carbocycles. The quantitative estimate of drug-likeness (QED) is 0.596. The van der Waals surface area contributed by atoms with E-state index < -0.39 is 27.7 Å². The van der Waals surface area contributed by atoms with Crippen LogP contribution in [0.1, 0.15) is 19.4 Å². The Morgan fingerprint density at radius 1 is 1.06 bits per heavy atom. The first-order chi connectivity index (χ1) is 14.5. The van der Waals surface area contributed by atoms with E-state index in [-0.39, 0.29) is 22.9 Å². The smallest absolute Gasteiger partial charge is 0.416 e. The topological polar surface area (TPSA) is 87.7 Å². The highest BCUT2D eigenvalue weighted by molar-refractivity contribution is 7.89. The maximum Gasteiger partial charge on any atom is 0.416 e. The molecule has 2 aromatic rings. The van der Waals surface area contributed by atoms with Crippen LogP contribution in [0.5, 0.6) is 5.75 Å². The monoisotopic (exact) mass is 459 g/mol. The number of carbonyl (C=O) groups is 1. The number of sulfonamides is 1. The molecule has 0 atom stereocenters. The first-order valence-corrected chi connectivity index (χ1v) is 10.9. The molecule has 0 aromatic heterocycles. The van der Waals surface area contributed by atoms with Crippen molar-refractivity contribution in [1.29, 1.82) is 0 Å². The van der Waals surface area contributed by atoms with Crippen molar-refractivity contribution in [3.8, 4) is 5.75 Å². The summed E-state index contributed by atoms with van der Waals surface area (Å²) >= 11 is 0. The molecule has 0 aliphatic rings. The van der Waals surface area contributed by atoms with Crippen molar-refractivity contribution in [3.05, 3.63) is 48.0 Å². The van der Waals surface area contributed by atoms with E-state index >= 15 is 0 Å². The number of rotatable bonds is 9. The predicted molar refractivity (Wildman–Crippen MR) is 112 cm³/mol. The average molecular weight is 459 g/mol. The van der Waals surface area contributed by atoms with Gasteiger partial charge in [0.15, 0.2) is 0 Å². The van der Waals surface area contributed by atoms with Gasteiger partial charge in [-0.15, -0.1) is 0 Å². The minimum atomic E-state index is -4.44. The lowest BCUT2D eigenvalue weighted by atomic mass is 10.2. The summed E-state index contributed by atoms with van der Waals surface area (Å²) in [5.41, 5.74) is -0.304. The molecule has 0 spiro atoms. The second kappa shape index (κ2) is 10.0. The van der Waals surface area contributed by atoms with Gasteiger partial charge in [0.1, 0.15) is 5.75 Å². The number of hydrogen-bond donors (Lipinski definition) is 2. The van der Waals surface area contributed by atoms with E-state index in [2.05, 4.69) is 10.6 Å². The van der Waals surface area contributed by atoms with Crippen LogP contribution in [0.3, 0.4) is 0 Å². The fourth-order valence-corrected chi connectivity index (χ4v) is 4.30. The molecule has 31 heavy (non-hydrogen) atoms. The molecule has 2 rings (SSSR count). The van der Waals surface area contributed by atoms with Crippen LogP contribution in [-0.2, 0) is 21.0 Å². The standard InChI is InChI=1S/C20H24F3N3O4S/c1-4-26(5-2)31(28,29)16-10-11-18(30-3)17(12-16)25-19(27)13-24-15-8-6-14(7-9-15)20(21,22)23/h6-12,24H,4-5,13H2,1-3H3,(H,25,27). The number of amides is 1. The van der Waals surface area contributed by atoms with Crippen LogP contribution in [0.2, 0.25) is 0 Å². The molecule has 0 bridgehead atoms. The molecule has 7 nitrogen and oxygen atoms in total. The first-order valence-electron chi connectivity index (χ1n) is 9.42. The molecular formula is C20H24F3N3O4S. The minimum Gasteiger partial charge on any atom is -0.495 e. The van der Waals surface area contributed by atoms with Crippen molar-refractivity contribution in [2.45, 2.75) is 24.9 Å². The van der Waals surface area contributed by atoms with Gasteiger partial charge in [0, 0.05) is 18.8 Å². The van der Waals surface area contributed by atoms with Crippen molar-refractivity contribution >= 4 is 27.3 Å². The van der Waals surface area contributed by atoms with E-state index in [9.17, 15) is 26.4 Å². The Labute approximate surface area is 179 Å². The van der Waals surface area contributed by atoms with Gasteiger partial charge in [0.25, 0.3) is 0 Å². The number of hydrogen-bond acceptors (Lipinski definition) is 5. The second-order valence-electron chi connectivity index (χ2n) is 6.43. The number of benzene rings is 2. The fraction of sp³-hybridized carbons (Fsp3) is 0.350. The lowest BCUT2D eigenvalue weighted by molar-refractivity contribution is -0.137. The van der Waals surface area contributed by atoms with Crippen LogP contribution in [-0.4, -0.2) is 45.4 Å². The summed E-state index contributed by atoms with van der Waals surface area (Å²) in [4.78, 5) is 12.3. The largest absolute Gasteiger partial charge is 0.495 e. The molecule has 0 fully saturated rings. The summed E-state index contributed by atoms with van der Waals surface area (Å²) in [5, 5.41) is 5.28. The summed E-state index contributed by atoms with van der Waals surface area (Å²) < 4.78 is 69.8. The van der Waals surface area contributed by atoms with Gasteiger partial charge in [0.05, 0.1) is 29.8 Å². The van der Waals surface area contributed by atoms with E-state index in [0.717, 1.165) is 12.1 Å². The summed E-state index contributed by atoms with van der Waals surface area (Å²) in [6, 6.07) is 8.39. The molecule has 170 valence electrons. The summed E-state index contributed by atoms with van der Waals surface area (Å²) in [5.74, 6) is -0.267. The Hall–Kier alpha value is -2.79. The van der Waals surface area contributed by atoms with Gasteiger partial charge in [-0.1, -0.05) is 13.8 Å². The molecule has 0 unspecified atom stereocenters. The zero-order valence-electron chi connectivity index (χ0n) is 17.3. The molecule has 0 radical (unpaired) electrons. The fourth-order valence-electron chi connectivity index (χ4n) is 2.81. The number of alkyl halides is 3. The Balaban J connectivity index is 2.13. The van der Waals surface area contributed by atoms with E-state index in [4.69, 9.17) is 4.74 Å². The third-order valence-electron chi connectivity index (χ3n) is 4.45. The van der Waals surface area contributed by atoms with E-state index in [1.165, 1.54) is 41.7 Å². The van der Waals surface area contributed by atoms with Crippen LogP contribution in [0.15, 0.2) is 47.4 Å². The maximum atomic E-state index is 12.7. The van der Waals surface area contributed by atoms with Crippen molar-refractivity contribution in [2.75, 3.05) is 37.4 Å². The third-order valence-corrected chi connectivity index (χ3v) is 6.50. The number of anilines is 2. The lowest BCUT2D eigenvalue weighted by Gasteiger charge is -2.19. The number of ether oxygens (including phenoxy) is 1. The number of methoxy groups -OCH3 is 1. The van der Waals surface area contributed by atoms with Crippen LogP contribution < -0.4 is 15.4 Å². The summed E-state index contributed by atoms with van der Waals surface area (Å²) in [6.45, 7) is 3.79. The van der Waals surface area contributed by atoms with Crippen molar-refractivity contribution in [3.63, 3.8) is 0 Å². The molecule has 11 heteroatoms. The van der Waals surface area contributed by atoms with Crippen LogP contribution >= 0.6 is 0 Å². The molecule has 0 saturated heterocycles. The Morgan fingerprint density at radius 3 is 2.19 bits per heavy atom. The van der Waals surface area contributed by atoms with Gasteiger partial charge in [-0.05, 0) is 42.5 Å². The van der Waals surface area contributed by atoms with Crippen LogP contribution in [0.4, 0.5) is 24.5 Å². The Morgan fingerprint density at radius 2 is 1.68 bits per heavy atom. The van der Waals surface area contributed by atoms with Gasteiger partial charge in [-0.25, -0.2) is 8.42 Å². The molecule has 1 amide bonds.